The Morgan fingerprint density at radius 2 is 2.33 bits per heavy atom. The van der Waals surface area contributed by atoms with E-state index in [-0.39, 0.29) is 5.54 Å². The molecule has 5 nitrogen and oxygen atoms in total. The minimum Gasteiger partial charge on any atom is -0.354 e. The Kier molecular flexibility index (Phi) is 2.35. The van der Waals surface area contributed by atoms with E-state index in [2.05, 4.69) is 20.5 Å². The molecule has 3 fully saturated rings. The number of guanidine groups is 1. The molecule has 4 aliphatic heterocycles. The molecule has 0 aliphatic carbocycles. The molecule has 0 amide bonds. The van der Waals surface area contributed by atoms with Crippen molar-refractivity contribution >= 4 is 22.4 Å². The maximum absolute atomic E-state index is 4.96. The molecule has 0 radical (unpaired) electrons. The highest BCUT2D eigenvalue weighted by Crippen LogP contribution is 2.39. The van der Waals surface area contributed by atoms with Gasteiger partial charge in [0.2, 0.25) is 0 Å². The van der Waals surface area contributed by atoms with Crippen LogP contribution in [0.3, 0.4) is 0 Å². The zero-order valence-electron chi connectivity index (χ0n) is 10.2. The highest BCUT2D eigenvalue weighted by atomic mass is 32.1. The van der Waals surface area contributed by atoms with Gasteiger partial charge in [0.15, 0.2) is 11.1 Å². The van der Waals surface area contributed by atoms with E-state index in [1.54, 1.807) is 11.3 Å². The SMILES string of the molecule is c1csc(NC2=NC3(CN2)CN2CCC3CC2)n1. The Labute approximate surface area is 110 Å². The largest absolute Gasteiger partial charge is 0.354 e. The summed E-state index contributed by atoms with van der Waals surface area (Å²) in [6.07, 6.45) is 4.41. The maximum atomic E-state index is 4.96. The third-order valence-electron chi connectivity index (χ3n) is 4.40. The van der Waals surface area contributed by atoms with E-state index in [0.29, 0.717) is 0 Å². The summed E-state index contributed by atoms with van der Waals surface area (Å²) in [5, 5.41) is 9.59. The number of rotatable bonds is 1. The molecule has 2 N–H and O–H groups in total. The summed E-state index contributed by atoms with van der Waals surface area (Å²) in [5.41, 5.74) is 0.121. The number of hydrogen-bond acceptors (Lipinski definition) is 6. The van der Waals surface area contributed by atoms with Crippen molar-refractivity contribution in [2.75, 3.05) is 31.5 Å². The quantitative estimate of drug-likeness (QED) is 0.793. The Hall–Kier alpha value is -1.14. The molecule has 18 heavy (non-hydrogen) atoms. The maximum Gasteiger partial charge on any atom is 0.198 e. The lowest BCUT2D eigenvalue weighted by Gasteiger charge is -2.49. The van der Waals surface area contributed by atoms with Crippen molar-refractivity contribution in [2.24, 2.45) is 10.9 Å². The number of nitrogens with one attached hydrogen (secondary N) is 2. The smallest absolute Gasteiger partial charge is 0.198 e. The van der Waals surface area contributed by atoms with Gasteiger partial charge >= 0.3 is 0 Å². The lowest BCUT2D eigenvalue weighted by atomic mass is 9.73. The molecule has 0 saturated carbocycles. The molecule has 4 aliphatic rings. The van der Waals surface area contributed by atoms with Crippen LogP contribution in [0.15, 0.2) is 16.6 Å². The predicted octanol–water partition coefficient (Wildman–Crippen LogP) is 0.979. The van der Waals surface area contributed by atoms with Crippen LogP contribution in [0, 0.1) is 5.92 Å². The van der Waals surface area contributed by atoms with Crippen molar-refractivity contribution in [3.8, 4) is 0 Å². The monoisotopic (exact) mass is 263 g/mol. The van der Waals surface area contributed by atoms with E-state index in [9.17, 15) is 0 Å². The van der Waals surface area contributed by atoms with Crippen molar-refractivity contribution in [3.63, 3.8) is 0 Å². The average molecular weight is 263 g/mol. The van der Waals surface area contributed by atoms with Gasteiger partial charge < -0.3 is 15.5 Å². The molecule has 2 bridgehead atoms. The summed E-state index contributed by atoms with van der Waals surface area (Å²) in [7, 11) is 0. The average Bonchev–Trinajstić information content (AvgIpc) is 3.02. The van der Waals surface area contributed by atoms with Crippen molar-refractivity contribution < 1.29 is 0 Å². The van der Waals surface area contributed by atoms with E-state index in [1.807, 2.05) is 11.6 Å². The van der Waals surface area contributed by atoms with Crippen LogP contribution in [0.5, 0.6) is 0 Å². The van der Waals surface area contributed by atoms with Gasteiger partial charge in [-0.2, -0.15) is 0 Å². The Bertz CT molecular complexity index is 463. The number of anilines is 1. The van der Waals surface area contributed by atoms with E-state index >= 15 is 0 Å². The second-order valence-corrected chi connectivity index (χ2v) is 6.32. The van der Waals surface area contributed by atoms with Crippen molar-refractivity contribution in [1.29, 1.82) is 0 Å². The fraction of sp³-hybridized carbons (Fsp3) is 0.667. The summed E-state index contributed by atoms with van der Waals surface area (Å²) < 4.78 is 0. The summed E-state index contributed by atoms with van der Waals surface area (Å²) in [4.78, 5) is 11.7. The highest BCUT2D eigenvalue weighted by molar-refractivity contribution is 7.13. The standard InChI is InChI=1S/C12H17N5S/c1-4-17-5-2-9(1)12(8-17)7-14-10(16-12)15-11-13-3-6-18-11/h3,6,9H,1-2,4-5,7-8H2,(H2,13,14,15,16). The topological polar surface area (TPSA) is 52.6 Å². The lowest BCUT2D eigenvalue weighted by molar-refractivity contribution is 0.0374. The van der Waals surface area contributed by atoms with Gasteiger partial charge in [0, 0.05) is 24.7 Å². The first-order valence-electron chi connectivity index (χ1n) is 6.57. The van der Waals surface area contributed by atoms with Crippen LogP contribution in [-0.4, -0.2) is 47.6 Å². The van der Waals surface area contributed by atoms with E-state index in [1.165, 1.54) is 25.9 Å². The number of hydrogen-bond donors (Lipinski definition) is 2. The molecular formula is C12H17N5S. The Morgan fingerprint density at radius 1 is 1.44 bits per heavy atom. The molecule has 1 aromatic rings. The van der Waals surface area contributed by atoms with Crippen molar-refractivity contribution in [1.82, 2.24) is 15.2 Å². The van der Waals surface area contributed by atoms with Gasteiger partial charge in [-0.05, 0) is 31.8 Å². The van der Waals surface area contributed by atoms with Crippen LogP contribution in [0.4, 0.5) is 5.13 Å². The fourth-order valence-electron chi connectivity index (χ4n) is 3.47. The number of piperidine rings is 3. The van der Waals surface area contributed by atoms with E-state index in [4.69, 9.17) is 4.99 Å². The van der Waals surface area contributed by atoms with Gasteiger partial charge in [-0.15, -0.1) is 11.3 Å². The number of aromatic nitrogens is 1. The van der Waals surface area contributed by atoms with E-state index in [0.717, 1.165) is 30.1 Å². The molecular weight excluding hydrogens is 246 g/mol. The third kappa shape index (κ3) is 1.63. The molecule has 96 valence electrons. The Morgan fingerprint density at radius 3 is 3.00 bits per heavy atom. The minimum absolute atomic E-state index is 0.121. The molecule has 5 heterocycles. The third-order valence-corrected chi connectivity index (χ3v) is 5.09. The van der Waals surface area contributed by atoms with Crippen molar-refractivity contribution in [3.05, 3.63) is 11.6 Å². The number of fused-ring (bicyclic) bond motifs is 2. The Balaban J connectivity index is 1.56. The second-order valence-electron chi connectivity index (χ2n) is 5.43. The van der Waals surface area contributed by atoms with E-state index < -0.39 is 0 Å². The molecule has 1 aromatic heterocycles. The first-order valence-corrected chi connectivity index (χ1v) is 7.45. The van der Waals surface area contributed by atoms with Gasteiger partial charge in [-0.1, -0.05) is 0 Å². The molecule has 1 unspecified atom stereocenters. The molecule has 0 aromatic carbocycles. The van der Waals surface area contributed by atoms with Crippen LogP contribution in [-0.2, 0) is 0 Å². The lowest BCUT2D eigenvalue weighted by Crippen LogP contribution is -2.59. The number of thiazole rings is 1. The van der Waals surface area contributed by atoms with Gasteiger partial charge in [0.05, 0.1) is 5.54 Å². The zero-order valence-corrected chi connectivity index (χ0v) is 11.0. The van der Waals surface area contributed by atoms with Crippen LogP contribution in [0.2, 0.25) is 0 Å². The molecule has 6 heteroatoms. The van der Waals surface area contributed by atoms with Gasteiger partial charge in [0.1, 0.15) is 0 Å². The van der Waals surface area contributed by atoms with Gasteiger partial charge in [-0.3, -0.25) is 0 Å². The van der Waals surface area contributed by atoms with Crippen LogP contribution in [0.1, 0.15) is 12.8 Å². The number of nitrogens with zero attached hydrogens (tertiary/aromatic N) is 3. The predicted molar refractivity (Wildman–Crippen MR) is 73.1 cm³/mol. The summed E-state index contributed by atoms with van der Waals surface area (Å²) in [5.74, 6) is 1.66. The normalized spacial score (nSPS) is 37.7. The van der Waals surface area contributed by atoms with Gasteiger partial charge in [-0.25, -0.2) is 9.98 Å². The first-order chi connectivity index (χ1) is 8.84. The van der Waals surface area contributed by atoms with Crippen LogP contribution >= 0.6 is 11.3 Å². The molecule has 1 atom stereocenters. The summed E-state index contributed by atoms with van der Waals surface area (Å²) >= 11 is 1.61. The zero-order chi connectivity index (χ0) is 12.0. The fourth-order valence-corrected chi connectivity index (χ4v) is 4.00. The van der Waals surface area contributed by atoms with Gasteiger partial charge in [0.25, 0.3) is 0 Å². The summed E-state index contributed by atoms with van der Waals surface area (Å²) in [6.45, 7) is 4.62. The minimum atomic E-state index is 0.121. The summed E-state index contributed by atoms with van der Waals surface area (Å²) in [6, 6.07) is 0. The number of aliphatic imine (C=N–C) groups is 1. The first kappa shape index (κ1) is 10.8. The molecule has 1 spiro atoms. The van der Waals surface area contributed by atoms with Crippen LogP contribution in [0.25, 0.3) is 0 Å². The second kappa shape index (κ2) is 3.93. The van der Waals surface area contributed by atoms with Crippen LogP contribution < -0.4 is 10.6 Å². The molecule has 3 saturated heterocycles. The molecule has 5 rings (SSSR count). The highest BCUT2D eigenvalue weighted by Gasteiger charge is 2.49. The van der Waals surface area contributed by atoms with Crippen molar-refractivity contribution in [2.45, 2.75) is 18.4 Å².